The number of hydrogen-bond acceptors (Lipinski definition) is 4. The van der Waals surface area contributed by atoms with Gasteiger partial charge in [-0.15, -0.1) is 0 Å². The Balaban J connectivity index is 1.98. The van der Waals surface area contributed by atoms with Gasteiger partial charge in [-0.25, -0.2) is 13.1 Å². The van der Waals surface area contributed by atoms with Gasteiger partial charge in [0.25, 0.3) is 0 Å². The van der Waals surface area contributed by atoms with E-state index in [0.717, 1.165) is 36.6 Å². The van der Waals surface area contributed by atoms with Crippen molar-refractivity contribution in [3.8, 4) is 0 Å². The number of hydrogen-bond donors (Lipinski definition) is 2. The zero-order chi connectivity index (χ0) is 15.3. The van der Waals surface area contributed by atoms with Gasteiger partial charge in [0, 0.05) is 32.0 Å². The van der Waals surface area contributed by atoms with Crippen molar-refractivity contribution in [3.63, 3.8) is 0 Å². The molecule has 2 rings (SSSR count). The Morgan fingerprint density at radius 2 is 2.10 bits per heavy atom. The van der Waals surface area contributed by atoms with Crippen LogP contribution in [0.5, 0.6) is 0 Å². The second-order valence-corrected chi connectivity index (χ2v) is 8.46. The monoisotopic (exact) mass is 331 g/mol. The van der Waals surface area contributed by atoms with Crippen molar-refractivity contribution in [1.29, 1.82) is 0 Å². The SMILES string of the molecule is CCNCc1cc(S(=O)(=O)NCC2CCSCC2)cn1C. The van der Waals surface area contributed by atoms with Crippen LogP contribution in [0.3, 0.4) is 0 Å². The average molecular weight is 332 g/mol. The van der Waals surface area contributed by atoms with Crippen LogP contribution >= 0.6 is 11.8 Å². The quantitative estimate of drug-likeness (QED) is 0.796. The molecule has 1 aromatic heterocycles. The van der Waals surface area contributed by atoms with E-state index < -0.39 is 10.0 Å². The summed E-state index contributed by atoms with van der Waals surface area (Å²) in [5.41, 5.74) is 0.978. The molecule has 0 aromatic carbocycles. The van der Waals surface area contributed by atoms with Crippen LogP contribution in [0.4, 0.5) is 0 Å². The Morgan fingerprint density at radius 3 is 2.76 bits per heavy atom. The topological polar surface area (TPSA) is 63.1 Å². The summed E-state index contributed by atoms with van der Waals surface area (Å²) in [5.74, 6) is 2.76. The summed E-state index contributed by atoms with van der Waals surface area (Å²) in [6.45, 7) is 4.14. The van der Waals surface area contributed by atoms with Crippen molar-refractivity contribution in [2.45, 2.75) is 31.2 Å². The first kappa shape index (κ1) is 16.9. The lowest BCUT2D eigenvalue weighted by Gasteiger charge is -2.21. The van der Waals surface area contributed by atoms with Crippen molar-refractivity contribution in [1.82, 2.24) is 14.6 Å². The molecule has 7 heteroatoms. The molecule has 0 aliphatic carbocycles. The first-order chi connectivity index (χ1) is 10.0. The zero-order valence-electron chi connectivity index (χ0n) is 12.8. The van der Waals surface area contributed by atoms with Crippen LogP contribution in [0.1, 0.15) is 25.5 Å². The lowest BCUT2D eigenvalue weighted by molar-refractivity contribution is 0.476. The third-order valence-corrected chi connectivity index (χ3v) is 6.29. The molecule has 0 amide bonds. The summed E-state index contributed by atoms with van der Waals surface area (Å²) in [5, 5.41) is 3.22. The molecule has 1 aromatic rings. The molecular weight excluding hydrogens is 306 g/mol. The standard InChI is InChI=1S/C14H25N3O2S2/c1-3-15-10-13-8-14(11-17(13)2)21(18,19)16-9-12-4-6-20-7-5-12/h8,11-12,15-16H,3-7,9-10H2,1-2H3. The highest BCUT2D eigenvalue weighted by atomic mass is 32.2. The van der Waals surface area contributed by atoms with E-state index in [-0.39, 0.29) is 0 Å². The van der Waals surface area contributed by atoms with Crippen LogP contribution in [0.15, 0.2) is 17.2 Å². The highest BCUT2D eigenvalue weighted by Crippen LogP contribution is 2.22. The van der Waals surface area contributed by atoms with Crippen molar-refractivity contribution >= 4 is 21.8 Å². The number of nitrogens with one attached hydrogen (secondary N) is 2. The van der Waals surface area contributed by atoms with Gasteiger partial charge in [-0.3, -0.25) is 0 Å². The summed E-state index contributed by atoms with van der Waals surface area (Å²) < 4.78 is 29.4. The molecule has 21 heavy (non-hydrogen) atoms. The first-order valence-corrected chi connectivity index (χ1v) is 10.1. The molecule has 1 aliphatic rings. The van der Waals surface area contributed by atoms with Crippen LogP contribution < -0.4 is 10.0 Å². The van der Waals surface area contributed by atoms with E-state index in [1.807, 2.05) is 30.3 Å². The fourth-order valence-electron chi connectivity index (χ4n) is 2.41. The fraction of sp³-hybridized carbons (Fsp3) is 0.714. The molecule has 120 valence electrons. The Kier molecular flexibility index (Phi) is 6.16. The molecule has 1 saturated heterocycles. The van der Waals surface area contributed by atoms with E-state index in [1.165, 1.54) is 0 Å². The van der Waals surface area contributed by atoms with Gasteiger partial charge < -0.3 is 9.88 Å². The third kappa shape index (κ3) is 4.74. The molecule has 1 fully saturated rings. The Morgan fingerprint density at radius 1 is 1.38 bits per heavy atom. The van der Waals surface area contributed by atoms with E-state index >= 15 is 0 Å². The van der Waals surface area contributed by atoms with Gasteiger partial charge in [0.15, 0.2) is 0 Å². The van der Waals surface area contributed by atoms with Crippen molar-refractivity contribution in [3.05, 3.63) is 18.0 Å². The number of aromatic nitrogens is 1. The van der Waals surface area contributed by atoms with E-state index in [0.29, 0.717) is 23.9 Å². The fourth-order valence-corrected chi connectivity index (χ4v) is 4.83. The van der Waals surface area contributed by atoms with Crippen LogP contribution in [0.2, 0.25) is 0 Å². The van der Waals surface area contributed by atoms with Crippen LogP contribution in [-0.2, 0) is 23.6 Å². The van der Waals surface area contributed by atoms with E-state index in [4.69, 9.17) is 0 Å². The Labute approximate surface area is 131 Å². The first-order valence-electron chi connectivity index (χ1n) is 7.46. The van der Waals surface area contributed by atoms with E-state index in [2.05, 4.69) is 10.0 Å². The highest BCUT2D eigenvalue weighted by molar-refractivity contribution is 7.99. The molecule has 5 nitrogen and oxygen atoms in total. The minimum Gasteiger partial charge on any atom is -0.352 e. The molecule has 0 unspecified atom stereocenters. The summed E-state index contributed by atoms with van der Waals surface area (Å²) in [6.07, 6.45) is 3.90. The van der Waals surface area contributed by atoms with Gasteiger partial charge in [-0.2, -0.15) is 11.8 Å². The van der Waals surface area contributed by atoms with E-state index in [1.54, 1.807) is 12.3 Å². The molecule has 1 aliphatic heterocycles. The largest absolute Gasteiger partial charge is 0.352 e. The smallest absolute Gasteiger partial charge is 0.242 e. The molecule has 0 radical (unpaired) electrons. The molecular formula is C14H25N3O2S2. The maximum atomic E-state index is 12.4. The minimum absolute atomic E-state index is 0.364. The van der Waals surface area contributed by atoms with Crippen LogP contribution in [0, 0.1) is 5.92 Å². The number of thioether (sulfide) groups is 1. The lowest BCUT2D eigenvalue weighted by atomic mass is 10.0. The van der Waals surface area contributed by atoms with Gasteiger partial charge >= 0.3 is 0 Å². The summed E-state index contributed by atoms with van der Waals surface area (Å²) in [6, 6.07) is 1.75. The number of nitrogens with zero attached hydrogens (tertiary/aromatic N) is 1. The van der Waals surface area contributed by atoms with Crippen molar-refractivity contribution < 1.29 is 8.42 Å². The molecule has 0 atom stereocenters. The second kappa shape index (κ2) is 7.67. The average Bonchev–Trinajstić information content (AvgIpc) is 2.86. The summed E-state index contributed by atoms with van der Waals surface area (Å²) >= 11 is 1.95. The van der Waals surface area contributed by atoms with Crippen molar-refractivity contribution in [2.75, 3.05) is 24.6 Å². The van der Waals surface area contributed by atoms with Gasteiger partial charge in [-0.1, -0.05) is 6.92 Å². The number of aryl methyl sites for hydroxylation is 1. The lowest BCUT2D eigenvalue weighted by Crippen LogP contribution is -2.30. The zero-order valence-corrected chi connectivity index (χ0v) is 14.4. The highest BCUT2D eigenvalue weighted by Gasteiger charge is 2.20. The predicted molar refractivity (Wildman–Crippen MR) is 88.0 cm³/mol. The normalized spacial score (nSPS) is 17.2. The Bertz CT molecular complexity index is 549. The van der Waals surface area contributed by atoms with Gasteiger partial charge in [0.2, 0.25) is 10.0 Å². The van der Waals surface area contributed by atoms with Crippen LogP contribution in [-0.4, -0.2) is 37.6 Å². The van der Waals surface area contributed by atoms with Crippen LogP contribution in [0.25, 0.3) is 0 Å². The maximum absolute atomic E-state index is 12.4. The third-order valence-electron chi connectivity index (χ3n) is 3.85. The van der Waals surface area contributed by atoms with Crippen molar-refractivity contribution in [2.24, 2.45) is 13.0 Å². The maximum Gasteiger partial charge on any atom is 0.242 e. The van der Waals surface area contributed by atoms with Gasteiger partial charge in [-0.05, 0) is 42.9 Å². The molecule has 0 spiro atoms. The molecule has 2 N–H and O–H groups in total. The summed E-state index contributed by atoms with van der Waals surface area (Å²) in [7, 11) is -1.51. The second-order valence-electron chi connectivity index (χ2n) is 5.47. The minimum atomic E-state index is -3.39. The summed E-state index contributed by atoms with van der Waals surface area (Å²) in [4.78, 5) is 0.364. The number of rotatable bonds is 7. The molecule has 0 saturated carbocycles. The van der Waals surface area contributed by atoms with Gasteiger partial charge in [0.05, 0.1) is 4.90 Å². The molecule has 0 bridgehead atoms. The molecule has 2 heterocycles. The van der Waals surface area contributed by atoms with Gasteiger partial charge in [0.1, 0.15) is 0 Å². The predicted octanol–water partition coefficient (Wildman–Crippen LogP) is 1.56. The number of sulfonamides is 1. The van der Waals surface area contributed by atoms with E-state index in [9.17, 15) is 8.42 Å². The Hall–Kier alpha value is -0.500.